The number of ether oxygens (including phenoxy) is 2. The molecular formula is C7H13KO4. The van der Waals surface area contributed by atoms with Gasteiger partial charge in [0.25, 0.3) is 0 Å². The SMILES string of the molecule is CCOC(CC(=O)[O-])OCC.[K+]. The van der Waals surface area contributed by atoms with Gasteiger partial charge in [-0.05, 0) is 13.8 Å². The summed E-state index contributed by atoms with van der Waals surface area (Å²) in [7, 11) is 0. The summed E-state index contributed by atoms with van der Waals surface area (Å²) in [5.41, 5.74) is 0. The molecule has 0 aliphatic carbocycles. The molecule has 0 N–H and O–H groups in total. The van der Waals surface area contributed by atoms with Crippen LogP contribution in [0.25, 0.3) is 0 Å². The predicted molar refractivity (Wildman–Crippen MR) is 36.7 cm³/mol. The van der Waals surface area contributed by atoms with Crippen molar-refractivity contribution in [1.82, 2.24) is 0 Å². The maximum Gasteiger partial charge on any atom is 1.00 e. The first-order valence-electron chi connectivity index (χ1n) is 3.63. The number of carboxylic acid groups (broad SMARTS) is 1. The molecule has 0 spiro atoms. The number of aliphatic carboxylic acids is 1. The minimum atomic E-state index is -1.16. The molecule has 0 heterocycles. The molecular weight excluding hydrogens is 187 g/mol. The van der Waals surface area contributed by atoms with Crippen molar-refractivity contribution in [2.24, 2.45) is 0 Å². The molecule has 0 bridgehead atoms. The molecule has 0 aromatic carbocycles. The molecule has 0 saturated carbocycles. The summed E-state index contributed by atoms with van der Waals surface area (Å²) in [6, 6.07) is 0. The van der Waals surface area contributed by atoms with Gasteiger partial charge in [0.2, 0.25) is 0 Å². The monoisotopic (exact) mass is 200 g/mol. The first-order chi connectivity index (χ1) is 5.20. The summed E-state index contributed by atoms with van der Waals surface area (Å²) in [6.07, 6.45) is -0.864. The van der Waals surface area contributed by atoms with Crippen molar-refractivity contribution in [1.29, 1.82) is 0 Å². The summed E-state index contributed by atoms with van der Waals surface area (Å²) in [5, 5.41) is 10.1. The van der Waals surface area contributed by atoms with Crippen LogP contribution in [0.4, 0.5) is 0 Å². The molecule has 0 atom stereocenters. The van der Waals surface area contributed by atoms with Gasteiger partial charge in [-0.2, -0.15) is 0 Å². The second kappa shape index (κ2) is 10.1. The zero-order chi connectivity index (χ0) is 8.69. The molecule has 0 radical (unpaired) electrons. The summed E-state index contributed by atoms with van der Waals surface area (Å²) in [5.74, 6) is -1.16. The van der Waals surface area contributed by atoms with E-state index in [0.29, 0.717) is 13.2 Å². The van der Waals surface area contributed by atoms with Crippen LogP contribution in [-0.2, 0) is 14.3 Å². The van der Waals surface area contributed by atoms with E-state index in [1.54, 1.807) is 13.8 Å². The minimum Gasteiger partial charge on any atom is -0.550 e. The van der Waals surface area contributed by atoms with Crippen molar-refractivity contribution in [3.05, 3.63) is 0 Å². The van der Waals surface area contributed by atoms with Crippen LogP contribution in [0.2, 0.25) is 0 Å². The fourth-order valence-corrected chi connectivity index (χ4v) is 0.674. The zero-order valence-corrected chi connectivity index (χ0v) is 11.0. The van der Waals surface area contributed by atoms with Crippen LogP contribution in [0, 0.1) is 0 Å². The van der Waals surface area contributed by atoms with Crippen molar-refractivity contribution in [2.75, 3.05) is 13.2 Å². The van der Waals surface area contributed by atoms with Crippen molar-refractivity contribution in [3.8, 4) is 0 Å². The Morgan fingerprint density at radius 3 is 2.00 bits per heavy atom. The van der Waals surface area contributed by atoms with E-state index in [1.807, 2.05) is 0 Å². The Morgan fingerprint density at radius 1 is 1.33 bits per heavy atom. The molecule has 0 aliphatic rings. The number of hydrogen-bond donors (Lipinski definition) is 0. The second-order valence-electron chi connectivity index (χ2n) is 1.92. The van der Waals surface area contributed by atoms with E-state index in [1.165, 1.54) is 0 Å². The number of carbonyl (C=O) groups excluding carboxylic acids is 1. The quantitative estimate of drug-likeness (QED) is 0.330. The van der Waals surface area contributed by atoms with Crippen LogP contribution < -0.4 is 56.5 Å². The van der Waals surface area contributed by atoms with E-state index >= 15 is 0 Å². The Hall–Kier alpha value is 1.03. The minimum absolute atomic E-state index is 0. The van der Waals surface area contributed by atoms with Crippen molar-refractivity contribution in [3.63, 3.8) is 0 Å². The third kappa shape index (κ3) is 9.12. The molecule has 0 aromatic rings. The standard InChI is InChI=1S/C7H14O4.K/c1-3-10-7(11-4-2)5-6(8)9;/h7H,3-5H2,1-2H3,(H,8,9);/q;+1/p-1. The fraction of sp³-hybridized carbons (Fsp3) is 0.857. The molecule has 0 unspecified atom stereocenters. The summed E-state index contributed by atoms with van der Waals surface area (Å²) < 4.78 is 9.90. The smallest absolute Gasteiger partial charge is 0.550 e. The Bertz CT molecular complexity index is 112. The van der Waals surface area contributed by atoms with E-state index in [9.17, 15) is 9.90 Å². The van der Waals surface area contributed by atoms with Crippen LogP contribution in [0.5, 0.6) is 0 Å². The van der Waals surface area contributed by atoms with E-state index in [0.717, 1.165) is 0 Å². The number of carboxylic acids is 1. The van der Waals surface area contributed by atoms with Gasteiger partial charge in [0.1, 0.15) is 0 Å². The predicted octanol–water partition coefficient (Wildman–Crippen LogP) is -3.47. The first kappa shape index (κ1) is 15.5. The maximum absolute atomic E-state index is 10.1. The summed E-state index contributed by atoms with van der Waals surface area (Å²) in [4.78, 5) is 10.1. The molecule has 4 nitrogen and oxygen atoms in total. The maximum atomic E-state index is 10.1. The molecule has 66 valence electrons. The third-order valence-corrected chi connectivity index (χ3v) is 1.04. The van der Waals surface area contributed by atoms with Gasteiger partial charge in [-0.1, -0.05) is 0 Å². The molecule has 12 heavy (non-hydrogen) atoms. The molecule has 0 rings (SSSR count). The van der Waals surface area contributed by atoms with Crippen LogP contribution in [-0.4, -0.2) is 25.5 Å². The Balaban J connectivity index is 0. The Morgan fingerprint density at radius 2 is 1.75 bits per heavy atom. The Labute approximate surface area is 115 Å². The fourth-order valence-electron chi connectivity index (χ4n) is 0.674. The van der Waals surface area contributed by atoms with Gasteiger partial charge in [-0.15, -0.1) is 0 Å². The first-order valence-corrected chi connectivity index (χ1v) is 3.63. The van der Waals surface area contributed by atoms with Crippen LogP contribution >= 0.6 is 0 Å². The van der Waals surface area contributed by atoms with Crippen molar-refractivity contribution in [2.45, 2.75) is 26.6 Å². The normalized spacial score (nSPS) is 9.58. The van der Waals surface area contributed by atoms with Gasteiger partial charge in [0.05, 0.1) is 0 Å². The molecule has 0 amide bonds. The van der Waals surface area contributed by atoms with E-state index in [4.69, 9.17) is 9.47 Å². The van der Waals surface area contributed by atoms with Crippen LogP contribution in [0.1, 0.15) is 20.3 Å². The van der Waals surface area contributed by atoms with E-state index in [2.05, 4.69) is 0 Å². The molecule has 0 aromatic heterocycles. The average Bonchev–Trinajstić information content (AvgIpc) is 1.87. The molecule has 0 aliphatic heterocycles. The average molecular weight is 200 g/mol. The summed E-state index contributed by atoms with van der Waals surface area (Å²) >= 11 is 0. The van der Waals surface area contributed by atoms with Gasteiger partial charge in [-0.3, -0.25) is 0 Å². The number of rotatable bonds is 6. The van der Waals surface area contributed by atoms with Gasteiger partial charge in [0, 0.05) is 25.6 Å². The zero-order valence-electron chi connectivity index (χ0n) is 7.83. The van der Waals surface area contributed by atoms with Crippen molar-refractivity contribution >= 4 is 5.97 Å². The van der Waals surface area contributed by atoms with Gasteiger partial charge >= 0.3 is 51.4 Å². The molecule has 5 heteroatoms. The van der Waals surface area contributed by atoms with Gasteiger partial charge in [0.15, 0.2) is 6.29 Å². The van der Waals surface area contributed by atoms with Gasteiger partial charge < -0.3 is 19.4 Å². The summed E-state index contributed by atoms with van der Waals surface area (Å²) in [6.45, 7) is 4.44. The number of hydrogen-bond acceptors (Lipinski definition) is 4. The van der Waals surface area contributed by atoms with Crippen LogP contribution in [0.15, 0.2) is 0 Å². The van der Waals surface area contributed by atoms with Crippen molar-refractivity contribution < 1.29 is 70.8 Å². The molecule has 0 saturated heterocycles. The second-order valence-corrected chi connectivity index (χ2v) is 1.92. The number of carbonyl (C=O) groups is 1. The third-order valence-electron chi connectivity index (χ3n) is 1.04. The largest absolute Gasteiger partial charge is 1.00 e. The topological polar surface area (TPSA) is 58.6 Å². The van der Waals surface area contributed by atoms with E-state index in [-0.39, 0.29) is 57.8 Å². The van der Waals surface area contributed by atoms with Crippen LogP contribution in [0.3, 0.4) is 0 Å². The van der Waals surface area contributed by atoms with Gasteiger partial charge in [-0.25, -0.2) is 0 Å². The Kier molecular flexibility index (Phi) is 13.1. The van der Waals surface area contributed by atoms with E-state index < -0.39 is 12.3 Å². The molecule has 0 fully saturated rings.